The highest BCUT2D eigenvalue weighted by Gasteiger charge is 2.33. The third-order valence-electron chi connectivity index (χ3n) is 3.99. The minimum Gasteiger partial charge on any atom is -0.383 e. The molecule has 0 saturated heterocycles. The van der Waals surface area contributed by atoms with Gasteiger partial charge in [-0.1, -0.05) is 0 Å². The van der Waals surface area contributed by atoms with Gasteiger partial charge < -0.3 is 9.64 Å². The van der Waals surface area contributed by atoms with Gasteiger partial charge in [-0.25, -0.2) is 0 Å². The number of nitro benzene ring substituents is 1. The van der Waals surface area contributed by atoms with Gasteiger partial charge in [-0.2, -0.15) is 0 Å². The lowest BCUT2D eigenvalue weighted by molar-refractivity contribution is -0.384. The van der Waals surface area contributed by atoms with Crippen molar-refractivity contribution < 1.29 is 14.5 Å². The molecule has 6 heteroatoms. The second-order valence-corrected chi connectivity index (χ2v) is 5.38. The number of rotatable bonds is 8. The van der Waals surface area contributed by atoms with Crippen LogP contribution in [0, 0.1) is 16.0 Å². The Bertz CT molecular complexity index is 528. The summed E-state index contributed by atoms with van der Waals surface area (Å²) < 4.78 is 5.14. The first-order chi connectivity index (χ1) is 10.1. The monoisotopic (exact) mass is 292 g/mol. The molecule has 0 spiro atoms. The molecule has 0 heterocycles. The zero-order valence-corrected chi connectivity index (χ0v) is 12.3. The molecule has 21 heavy (non-hydrogen) atoms. The third kappa shape index (κ3) is 3.58. The van der Waals surface area contributed by atoms with Crippen LogP contribution in [-0.4, -0.2) is 37.5 Å². The molecule has 1 aliphatic rings. The van der Waals surface area contributed by atoms with Crippen LogP contribution in [0.2, 0.25) is 0 Å². The standard InChI is InChI=1S/C15H20N2O4/c1-11(12-3-4-12)16(7-8-21-2)15-6-5-14(17(19)20)9-13(15)10-18/h5-6,9-12H,3-4,7-8H2,1-2H3. The molecule has 1 aromatic rings. The number of non-ortho nitro benzene ring substituents is 1. The fourth-order valence-corrected chi connectivity index (χ4v) is 2.58. The van der Waals surface area contributed by atoms with E-state index in [1.165, 1.54) is 25.0 Å². The summed E-state index contributed by atoms with van der Waals surface area (Å²) in [6.45, 7) is 3.34. The van der Waals surface area contributed by atoms with E-state index in [0.29, 0.717) is 37.0 Å². The molecule has 1 saturated carbocycles. The van der Waals surface area contributed by atoms with Crippen molar-refractivity contribution in [2.45, 2.75) is 25.8 Å². The van der Waals surface area contributed by atoms with E-state index < -0.39 is 4.92 Å². The molecule has 1 unspecified atom stereocenters. The van der Waals surface area contributed by atoms with E-state index >= 15 is 0 Å². The normalized spacial score (nSPS) is 15.5. The fourth-order valence-electron chi connectivity index (χ4n) is 2.58. The highest BCUT2D eigenvalue weighted by atomic mass is 16.6. The number of aldehydes is 1. The number of methoxy groups -OCH3 is 1. The van der Waals surface area contributed by atoms with E-state index in [4.69, 9.17) is 4.74 Å². The molecule has 1 fully saturated rings. The fraction of sp³-hybridized carbons (Fsp3) is 0.533. The van der Waals surface area contributed by atoms with Gasteiger partial charge in [0.05, 0.1) is 11.5 Å². The van der Waals surface area contributed by atoms with Crippen LogP contribution in [-0.2, 0) is 4.74 Å². The van der Waals surface area contributed by atoms with Gasteiger partial charge in [-0.05, 0) is 31.7 Å². The number of ether oxygens (including phenoxy) is 1. The molecule has 1 aromatic carbocycles. The summed E-state index contributed by atoms with van der Waals surface area (Å²) in [6, 6.07) is 4.74. The van der Waals surface area contributed by atoms with Gasteiger partial charge in [0, 0.05) is 43.1 Å². The van der Waals surface area contributed by atoms with Crippen LogP contribution in [0.25, 0.3) is 0 Å². The molecule has 1 atom stereocenters. The first-order valence-corrected chi connectivity index (χ1v) is 7.07. The maximum Gasteiger partial charge on any atom is 0.270 e. The number of nitrogens with zero attached hydrogens (tertiary/aromatic N) is 2. The molecule has 2 rings (SSSR count). The van der Waals surface area contributed by atoms with Crippen LogP contribution < -0.4 is 4.90 Å². The molecular formula is C15H20N2O4. The van der Waals surface area contributed by atoms with Crippen LogP contribution in [0.3, 0.4) is 0 Å². The quantitative estimate of drug-likeness (QED) is 0.418. The van der Waals surface area contributed by atoms with Gasteiger partial charge in [0.2, 0.25) is 0 Å². The first-order valence-electron chi connectivity index (χ1n) is 7.07. The third-order valence-corrected chi connectivity index (χ3v) is 3.99. The largest absolute Gasteiger partial charge is 0.383 e. The zero-order chi connectivity index (χ0) is 15.4. The summed E-state index contributed by atoms with van der Waals surface area (Å²) in [4.78, 5) is 23.8. The molecular weight excluding hydrogens is 272 g/mol. The van der Waals surface area contributed by atoms with Crippen molar-refractivity contribution in [1.29, 1.82) is 0 Å². The second kappa shape index (κ2) is 6.67. The van der Waals surface area contributed by atoms with Crippen LogP contribution in [0.4, 0.5) is 11.4 Å². The predicted molar refractivity (Wildman–Crippen MR) is 79.9 cm³/mol. The highest BCUT2D eigenvalue weighted by molar-refractivity contribution is 5.86. The van der Waals surface area contributed by atoms with Gasteiger partial charge >= 0.3 is 0 Å². The van der Waals surface area contributed by atoms with Crippen molar-refractivity contribution in [2.24, 2.45) is 5.92 Å². The van der Waals surface area contributed by atoms with E-state index in [9.17, 15) is 14.9 Å². The topological polar surface area (TPSA) is 72.7 Å². The molecule has 1 aliphatic carbocycles. The summed E-state index contributed by atoms with van der Waals surface area (Å²) in [5.41, 5.74) is 1.03. The number of hydrogen-bond donors (Lipinski definition) is 0. The molecule has 0 aromatic heterocycles. The van der Waals surface area contributed by atoms with E-state index in [1.807, 2.05) is 0 Å². The second-order valence-electron chi connectivity index (χ2n) is 5.38. The average Bonchev–Trinajstić information content (AvgIpc) is 3.31. The number of carbonyl (C=O) groups excluding carboxylic acids is 1. The van der Waals surface area contributed by atoms with Crippen LogP contribution >= 0.6 is 0 Å². The smallest absolute Gasteiger partial charge is 0.270 e. The Morgan fingerprint density at radius 3 is 2.76 bits per heavy atom. The number of nitro groups is 1. The molecule has 0 amide bonds. The minimum absolute atomic E-state index is 0.0633. The maximum atomic E-state index is 11.3. The van der Waals surface area contributed by atoms with Crippen molar-refractivity contribution in [1.82, 2.24) is 0 Å². The molecule has 0 N–H and O–H groups in total. The Kier molecular flexibility index (Phi) is 4.90. The maximum absolute atomic E-state index is 11.3. The number of hydrogen-bond acceptors (Lipinski definition) is 5. The Morgan fingerprint density at radius 1 is 1.52 bits per heavy atom. The number of carbonyl (C=O) groups is 1. The zero-order valence-electron chi connectivity index (χ0n) is 12.3. The molecule has 0 radical (unpaired) electrons. The van der Waals surface area contributed by atoms with Gasteiger partial charge in [-0.15, -0.1) is 0 Å². The van der Waals surface area contributed by atoms with Crippen LogP contribution in [0.15, 0.2) is 18.2 Å². The molecule has 0 aliphatic heterocycles. The van der Waals surface area contributed by atoms with Crippen molar-refractivity contribution in [3.05, 3.63) is 33.9 Å². The summed E-state index contributed by atoms with van der Waals surface area (Å²) in [5.74, 6) is 0.622. The lowest BCUT2D eigenvalue weighted by atomic mass is 10.1. The predicted octanol–water partition coefficient (Wildman–Crippen LogP) is 2.66. The Morgan fingerprint density at radius 2 is 2.24 bits per heavy atom. The average molecular weight is 292 g/mol. The summed E-state index contributed by atoms with van der Waals surface area (Å²) in [7, 11) is 1.64. The lowest BCUT2D eigenvalue weighted by Gasteiger charge is -2.32. The van der Waals surface area contributed by atoms with E-state index in [0.717, 1.165) is 5.69 Å². The van der Waals surface area contributed by atoms with Gasteiger partial charge in [0.25, 0.3) is 5.69 Å². The Hall–Kier alpha value is -1.95. The van der Waals surface area contributed by atoms with E-state index in [-0.39, 0.29) is 5.69 Å². The summed E-state index contributed by atoms with van der Waals surface area (Å²) in [6.07, 6.45) is 3.06. The van der Waals surface area contributed by atoms with Crippen LogP contribution in [0.5, 0.6) is 0 Å². The molecule has 114 valence electrons. The molecule has 6 nitrogen and oxygen atoms in total. The molecule has 0 bridgehead atoms. The van der Waals surface area contributed by atoms with Crippen molar-refractivity contribution in [3.63, 3.8) is 0 Å². The number of benzene rings is 1. The number of anilines is 1. The van der Waals surface area contributed by atoms with Crippen molar-refractivity contribution >= 4 is 17.7 Å². The van der Waals surface area contributed by atoms with Gasteiger partial charge in [-0.3, -0.25) is 14.9 Å². The lowest BCUT2D eigenvalue weighted by Crippen LogP contribution is -2.37. The van der Waals surface area contributed by atoms with Crippen molar-refractivity contribution in [3.8, 4) is 0 Å². The Labute approximate surface area is 123 Å². The SMILES string of the molecule is COCCN(c1ccc([N+](=O)[O-])cc1C=O)C(C)C1CC1. The van der Waals surface area contributed by atoms with E-state index in [2.05, 4.69) is 11.8 Å². The minimum atomic E-state index is -0.486. The highest BCUT2D eigenvalue weighted by Crippen LogP contribution is 2.38. The summed E-state index contributed by atoms with van der Waals surface area (Å²) in [5, 5.41) is 10.8. The van der Waals surface area contributed by atoms with Crippen LogP contribution in [0.1, 0.15) is 30.1 Å². The summed E-state index contributed by atoms with van der Waals surface area (Å²) >= 11 is 0. The Balaban J connectivity index is 2.33. The van der Waals surface area contributed by atoms with E-state index in [1.54, 1.807) is 13.2 Å². The van der Waals surface area contributed by atoms with Gasteiger partial charge in [0.15, 0.2) is 6.29 Å². The van der Waals surface area contributed by atoms with Gasteiger partial charge in [0.1, 0.15) is 0 Å². The van der Waals surface area contributed by atoms with Crippen molar-refractivity contribution in [2.75, 3.05) is 25.2 Å². The first kappa shape index (κ1) is 15.4.